The first-order valence-electron chi connectivity index (χ1n) is 10.6. The van der Waals surface area contributed by atoms with E-state index in [1.165, 1.54) is 5.56 Å². The third-order valence-electron chi connectivity index (χ3n) is 4.36. The summed E-state index contributed by atoms with van der Waals surface area (Å²) in [6.45, 7) is 15.3. The van der Waals surface area contributed by atoms with Gasteiger partial charge >= 0.3 is 12.1 Å². The number of amides is 1. The number of rotatable bonds is 9. The molecule has 0 radical (unpaired) electrons. The second kappa shape index (κ2) is 11.1. The molecule has 1 atom stereocenters. The van der Waals surface area contributed by atoms with Crippen molar-refractivity contribution in [2.75, 3.05) is 11.5 Å². The maximum atomic E-state index is 12.6. The summed E-state index contributed by atoms with van der Waals surface area (Å²) >= 11 is 1.78. The minimum absolute atomic E-state index is 0.0909. The Labute approximate surface area is 186 Å². The van der Waals surface area contributed by atoms with Crippen molar-refractivity contribution in [1.29, 1.82) is 0 Å². The normalized spacial score (nSPS) is 13.5. The van der Waals surface area contributed by atoms with Gasteiger partial charge in [-0.15, -0.1) is 0 Å². The number of thioether (sulfide) groups is 1. The SMILES string of the molecule is CC(C)(C)OC(=O)N[C@@H](CCSCCC(C)(C)c1ccccc1)C(=O)OC(C)(C)C. The maximum absolute atomic E-state index is 12.6. The van der Waals surface area contributed by atoms with Gasteiger partial charge in [-0.05, 0) is 76.9 Å². The van der Waals surface area contributed by atoms with Gasteiger partial charge in [-0.2, -0.15) is 11.8 Å². The summed E-state index contributed by atoms with van der Waals surface area (Å²) in [6, 6.07) is 9.76. The zero-order valence-electron chi connectivity index (χ0n) is 19.8. The van der Waals surface area contributed by atoms with Crippen molar-refractivity contribution in [2.24, 2.45) is 0 Å². The van der Waals surface area contributed by atoms with Crippen molar-refractivity contribution in [1.82, 2.24) is 5.32 Å². The van der Waals surface area contributed by atoms with Crippen LogP contribution in [-0.4, -0.2) is 40.8 Å². The van der Waals surface area contributed by atoms with Gasteiger partial charge in [-0.25, -0.2) is 9.59 Å². The third kappa shape index (κ3) is 10.9. The summed E-state index contributed by atoms with van der Waals surface area (Å²) < 4.78 is 10.8. The number of ether oxygens (including phenoxy) is 2. The molecule has 1 N–H and O–H groups in total. The predicted molar refractivity (Wildman–Crippen MR) is 125 cm³/mol. The number of esters is 1. The highest BCUT2D eigenvalue weighted by molar-refractivity contribution is 7.99. The fourth-order valence-electron chi connectivity index (χ4n) is 2.74. The van der Waals surface area contributed by atoms with Gasteiger partial charge in [0.25, 0.3) is 0 Å². The first-order valence-corrected chi connectivity index (χ1v) is 11.7. The van der Waals surface area contributed by atoms with Crippen LogP contribution in [0.1, 0.15) is 73.8 Å². The molecule has 6 heteroatoms. The Hall–Kier alpha value is -1.69. The molecule has 1 rings (SSSR count). The molecule has 5 nitrogen and oxygen atoms in total. The predicted octanol–water partition coefficient (Wildman–Crippen LogP) is 5.71. The van der Waals surface area contributed by atoms with Crippen molar-refractivity contribution in [3.05, 3.63) is 35.9 Å². The summed E-state index contributed by atoms with van der Waals surface area (Å²) in [5.74, 6) is 1.28. The minimum atomic E-state index is -0.728. The number of hydrogen-bond donors (Lipinski definition) is 1. The molecule has 0 aliphatic heterocycles. The van der Waals surface area contributed by atoms with Crippen molar-refractivity contribution < 1.29 is 19.1 Å². The van der Waals surface area contributed by atoms with Crippen molar-refractivity contribution in [2.45, 2.75) is 90.9 Å². The molecule has 0 aliphatic rings. The highest BCUT2D eigenvalue weighted by Crippen LogP contribution is 2.28. The second-order valence-corrected chi connectivity index (χ2v) is 11.4. The van der Waals surface area contributed by atoms with Crippen LogP contribution in [0.3, 0.4) is 0 Å². The first kappa shape index (κ1) is 26.3. The lowest BCUT2D eigenvalue weighted by atomic mass is 9.82. The van der Waals surface area contributed by atoms with E-state index in [-0.39, 0.29) is 5.41 Å². The fourth-order valence-corrected chi connectivity index (χ4v) is 4.00. The number of carbonyl (C=O) groups excluding carboxylic acids is 2. The molecular weight excluding hydrogens is 398 g/mol. The van der Waals surface area contributed by atoms with Crippen LogP contribution in [0.25, 0.3) is 0 Å². The van der Waals surface area contributed by atoms with Gasteiger partial charge in [-0.3, -0.25) is 0 Å². The number of hydrogen-bond acceptors (Lipinski definition) is 5. The van der Waals surface area contributed by atoms with E-state index >= 15 is 0 Å². The van der Waals surface area contributed by atoms with Gasteiger partial charge in [0.1, 0.15) is 17.2 Å². The van der Waals surface area contributed by atoms with Gasteiger partial charge in [0, 0.05) is 0 Å². The van der Waals surface area contributed by atoms with Crippen LogP contribution in [0.5, 0.6) is 0 Å². The largest absolute Gasteiger partial charge is 0.458 e. The lowest BCUT2D eigenvalue weighted by Gasteiger charge is -2.27. The molecule has 0 fully saturated rings. The Morgan fingerprint density at radius 2 is 1.47 bits per heavy atom. The van der Waals surface area contributed by atoms with Gasteiger partial charge in [0.05, 0.1) is 0 Å². The topological polar surface area (TPSA) is 64.6 Å². The standard InChI is InChI=1S/C24H39NO4S/c1-22(2,3)28-20(26)19(25-21(27)29-23(4,5)6)14-16-30-17-15-24(7,8)18-12-10-9-11-13-18/h9-13,19H,14-17H2,1-8H3,(H,25,27)/t19-/m0/s1. The van der Waals surface area contributed by atoms with E-state index < -0.39 is 29.3 Å². The quantitative estimate of drug-likeness (QED) is 0.396. The number of benzene rings is 1. The zero-order chi connectivity index (χ0) is 23.0. The summed E-state index contributed by atoms with van der Waals surface area (Å²) in [4.78, 5) is 24.7. The molecule has 1 amide bonds. The van der Waals surface area contributed by atoms with E-state index in [2.05, 4.69) is 43.4 Å². The maximum Gasteiger partial charge on any atom is 0.408 e. The van der Waals surface area contributed by atoms with Crippen molar-refractivity contribution >= 4 is 23.8 Å². The molecule has 0 aromatic heterocycles. The number of nitrogens with one attached hydrogen (secondary N) is 1. The van der Waals surface area contributed by atoms with Gasteiger partial charge in [0.15, 0.2) is 0 Å². The lowest BCUT2D eigenvalue weighted by Crippen LogP contribution is -2.46. The molecule has 1 aromatic carbocycles. The molecule has 0 saturated heterocycles. The fraction of sp³-hybridized carbons (Fsp3) is 0.667. The Bertz CT molecular complexity index is 675. The van der Waals surface area contributed by atoms with Crippen LogP contribution < -0.4 is 5.32 Å². The number of carbonyl (C=O) groups is 2. The third-order valence-corrected chi connectivity index (χ3v) is 5.38. The van der Waals surface area contributed by atoms with Crippen molar-refractivity contribution in [3.8, 4) is 0 Å². The molecule has 0 aliphatic carbocycles. The molecule has 0 spiro atoms. The smallest absolute Gasteiger partial charge is 0.408 e. The average molecular weight is 438 g/mol. The molecule has 0 bridgehead atoms. The monoisotopic (exact) mass is 437 g/mol. The molecule has 0 saturated carbocycles. The van der Waals surface area contributed by atoms with Crippen LogP contribution in [0.15, 0.2) is 30.3 Å². The summed E-state index contributed by atoms with van der Waals surface area (Å²) in [6.07, 6.45) is 0.914. The number of alkyl carbamates (subject to hydrolysis) is 1. The van der Waals surface area contributed by atoms with E-state index in [1.807, 2.05) is 26.8 Å². The summed E-state index contributed by atoms with van der Waals surface area (Å²) in [7, 11) is 0. The molecule has 30 heavy (non-hydrogen) atoms. The Morgan fingerprint density at radius 3 is 2.00 bits per heavy atom. The van der Waals surface area contributed by atoms with Crippen LogP contribution in [0.4, 0.5) is 4.79 Å². The van der Waals surface area contributed by atoms with Crippen LogP contribution in [-0.2, 0) is 19.7 Å². The lowest BCUT2D eigenvalue weighted by molar-refractivity contribution is -0.157. The Morgan fingerprint density at radius 1 is 0.900 bits per heavy atom. The molecular formula is C24H39NO4S. The van der Waals surface area contributed by atoms with Crippen molar-refractivity contribution in [3.63, 3.8) is 0 Å². The highest BCUT2D eigenvalue weighted by Gasteiger charge is 2.28. The molecule has 170 valence electrons. The van der Waals surface area contributed by atoms with E-state index in [4.69, 9.17) is 9.47 Å². The van der Waals surface area contributed by atoms with Gasteiger partial charge < -0.3 is 14.8 Å². The second-order valence-electron chi connectivity index (χ2n) is 10.1. The summed E-state index contributed by atoms with van der Waals surface area (Å²) in [5.41, 5.74) is 0.176. The van der Waals surface area contributed by atoms with Crippen LogP contribution >= 0.6 is 11.8 Å². The molecule has 0 heterocycles. The van der Waals surface area contributed by atoms with E-state index in [0.717, 1.165) is 17.9 Å². The van der Waals surface area contributed by atoms with Crippen LogP contribution in [0.2, 0.25) is 0 Å². The zero-order valence-corrected chi connectivity index (χ0v) is 20.7. The van der Waals surface area contributed by atoms with E-state index in [9.17, 15) is 9.59 Å². The summed E-state index contributed by atoms with van der Waals surface area (Å²) in [5, 5.41) is 2.68. The van der Waals surface area contributed by atoms with Crippen LogP contribution in [0, 0.1) is 0 Å². The molecule has 0 unspecified atom stereocenters. The molecule has 1 aromatic rings. The average Bonchev–Trinajstić information content (AvgIpc) is 2.58. The van der Waals surface area contributed by atoms with Gasteiger partial charge in [-0.1, -0.05) is 44.2 Å². The highest BCUT2D eigenvalue weighted by atomic mass is 32.2. The Balaban J connectivity index is 2.58. The van der Waals surface area contributed by atoms with E-state index in [0.29, 0.717) is 6.42 Å². The minimum Gasteiger partial charge on any atom is -0.458 e. The first-order chi connectivity index (χ1) is 13.7. The Kier molecular flexibility index (Phi) is 9.73. The van der Waals surface area contributed by atoms with Gasteiger partial charge in [0.2, 0.25) is 0 Å². The van der Waals surface area contributed by atoms with E-state index in [1.54, 1.807) is 32.5 Å².